The first-order valence-electron chi connectivity index (χ1n) is 11.3. The first-order valence-corrected chi connectivity index (χ1v) is 11.3. The van der Waals surface area contributed by atoms with Crippen LogP contribution in [0.25, 0.3) is 0 Å². The quantitative estimate of drug-likeness (QED) is 0.321. The second kappa shape index (κ2) is 12.7. The molecule has 0 aromatic heterocycles. The summed E-state index contributed by atoms with van der Waals surface area (Å²) in [5, 5.41) is 0. The predicted molar refractivity (Wildman–Crippen MR) is 128 cm³/mol. The van der Waals surface area contributed by atoms with Gasteiger partial charge < -0.3 is 9.47 Å². The zero-order chi connectivity index (χ0) is 22.6. The highest BCUT2D eigenvalue weighted by molar-refractivity contribution is 5.69. The van der Waals surface area contributed by atoms with Crippen molar-refractivity contribution in [2.24, 2.45) is 0 Å². The molecule has 0 fully saturated rings. The summed E-state index contributed by atoms with van der Waals surface area (Å²) in [6.45, 7) is 4.04. The van der Waals surface area contributed by atoms with Gasteiger partial charge in [-0.1, -0.05) is 72.8 Å². The van der Waals surface area contributed by atoms with E-state index in [4.69, 9.17) is 9.47 Å². The van der Waals surface area contributed by atoms with Crippen LogP contribution in [0.5, 0.6) is 5.75 Å². The Bertz CT molecular complexity index is 926. The molecular formula is C28H33NO3. The molecule has 32 heavy (non-hydrogen) atoms. The van der Waals surface area contributed by atoms with Crippen LogP contribution in [0.3, 0.4) is 0 Å². The lowest BCUT2D eigenvalue weighted by atomic mass is 10.0. The van der Waals surface area contributed by atoms with Gasteiger partial charge in [0.05, 0.1) is 6.61 Å². The molecule has 0 heterocycles. The third-order valence-corrected chi connectivity index (χ3v) is 5.27. The summed E-state index contributed by atoms with van der Waals surface area (Å²) in [5.41, 5.74) is 3.69. The lowest BCUT2D eigenvalue weighted by Crippen LogP contribution is -2.17. The molecule has 0 bridgehead atoms. The maximum absolute atomic E-state index is 11.7. The van der Waals surface area contributed by atoms with E-state index in [0.29, 0.717) is 13.0 Å². The van der Waals surface area contributed by atoms with Gasteiger partial charge in [-0.2, -0.15) is 0 Å². The maximum atomic E-state index is 11.7. The summed E-state index contributed by atoms with van der Waals surface area (Å²) in [4.78, 5) is 14.0. The van der Waals surface area contributed by atoms with Crippen molar-refractivity contribution in [3.05, 3.63) is 102 Å². The molecule has 0 saturated heterocycles. The lowest BCUT2D eigenvalue weighted by molar-refractivity contribution is -0.143. The molecule has 4 nitrogen and oxygen atoms in total. The lowest BCUT2D eigenvalue weighted by Gasteiger charge is -2.21. The van der Waals surface area contributed by atoms with E-state index in [9.17, 15) is 4.79 Å². The zero-order valence-corrected chi connectivity index (χ0v) is 19.1. The molecule has 0 N–H and O–H groups in total. The fourth-order valence-corrected chi connectivity index (χ4v) is 3.72. The number of rotatable bonds is 12. The van der Waals surface area contributed by atoms with Crippen molar-refractivity contribution in [1.29, 1.82) is 0 Å². The first kappa shape index (κ1) is 23.6. The fourth-order valence-electron chi connectivity index (χ4n) is 3.72. The van der Waals surface area contributed by atoms with Crippen LogP contribution >= 0.6 is 0 Å². The minimum atomic E-state index is -0.150. The Balaban J connectivity index is 1.62. The highest BCUT2D eigenvalue weighted by Crippen LogP contribution is 2.27. The molecule has 0 radical (unpaired) electrons. The molecule has 0 aliphatic heterocycles. The standard InChI is InChI=1S/C28H33NO3/c1-3-31-28(30)16-10-15-27(32-26-13-8-5-9-14-26)25-19-17-24(18-20-25)22-29(2)21-23-11-6-4-7-12-23/h4-9,11-14,17-20,27H,3,10,15-16,21-22H2,1-2H3. The van der Waals surface area contributed by atoms with E-state index < -0.39 is 0 Å². The summed E-state index contributed by atoms with van der Waals surface area (Å²) >= 11 is 0. The van der Waals surface area contributed by atoms with E-state index >= 15 is 0 Å². The Morgan fingerprint density at radius 1 is 0.844 bits per heavy atom. The first-order chi connectivity index (χ1) is 15.6. The number of esters is 1. The van der Waals surface area contributed by atoms with Crippen LogP contribution in [0, 0.1) is 0 Å². The summed E-state index contributed by atoms with van der Waals surface area (Å²) in [6.07, 6.45) is 1.77. The number of carbonyl (C=O) groups excluding carboxylic acids is 1. The molecule has 1 atom stereocenters. The predicted octanol–water partition coefficient (Wildman–Crippen LogP) is 6.17. The average molecular weight is 432 g/mol. The van der Waals surface area contributed by atoms with Crippen LogP contribution in [-0.2, 0) is 22.6 Å². The third kappa shape index (κ3) is 7.86. The van der Waals surface area contributed by atoms with E-state index in [1.54, 1.807) is 0 Å². The maximum Gasteiger partial charge on any atom is 0.305 e. The Morgan fingerprint density at radius 2 is 1.44 bits per heavy atom. The molecule has 3 rings (SSSR count). The fraction of sp³-hybridized carbons (Fsp3) is 0.321. The smallest absolute Gasteiger partial charge is 0.305 e. The molecule has 0 aliphatic rings. The van der Waals surface area contributed by atoms with Gasteiger partial charge in [0.15, 0.2) is 0 Å². The normalized spacial score (nSPS) is 11.8. The number of benzene rings is 3. The van der Waals surface area contributed by atoms with Crippen molar-refractivity contribution >= 4 is 5.97 Å². The van der Waals surface area contributed by atoms with E-state index in [0.717, 1.165) is 37.2 Å². The molecule has 1 unspecified atom stereocenters. The molecule has 0 amide bonds. The number of hydrogen-bond donors (Lipinski definition) is 0. The highest BCUT2D eigenvalue weighted by Gasteiger charge is 2.15. The topological polar surface area (TPSA) is 38.8 Å². The molecule has 0 spiro atoms. The van der Waals surface area contributed by atoms with Gasteiger partial charge >= 0.3 is 5.97 Å². The van der Waals surface area contributed by atoms with Crippen molar-refractivity contribution in [2.45, 2.75) is 45.4 Å². The molecule has 4 heteroatoms. The summed E-state index contributed by atoms with van der Waals surface area (Å²) in [5.74, 6) is 0.683. The van der Waals surface area contributed by atoms with Gasteiger partial charge in [-0.05, 0) is 55.6 Å². The van der Waals surface area contributed by atoms with Gasteiger partial charge in [-0.3, -0.25) is 9.69 Å². The molecule has 3 aromatic rings. The second-order valence-corrected chi connectivity index (χ2v) is 8.02. The second-order valence-electron chi connectivity index (χ2n) is 8.02. The zero-order valence-electron chi connectivity index (χ0n) is 19.1. The molecule has 3 aromatic carbocycles. The van der Waals surface area contributed by atoms with Crippen molar-refractivity contribution in [3.8, 4) is 5.75 Å². The van der Waals surface area contributed by atoms with Crippen LogP contribution in [0.4, 0.5) is 0 Å². The largest absolute Gasteiger partial charge is 0.486 e. The van der Waals surface area contributed by atoms with Gasteiger partial charge in [0.2, 0.25) is 0 Å². The Hall–Kier alpha value is -3.11. The van der Waals surface area contributed by atoms with E-state index in [2.05, 4.69) is 60.5 Å². The highest BCUT2D eigenvalue weighted by atomic mass is 16.5. The minimum Gasteiger partial charge on any atom is -0.486 e. The van der Waals surface area contributed by atoms with Crippen molar-refractivity contribution in [2.75, 3.05) is 13.7 Å². The number of ether oxygens (including phenoxy) is 2. The van der Waals surface area contributed by atoms with Crippen LogP contribution in [0.2, 0.25) is 0 Å². The van der Waals surface area contributed by atoms with E-state index in [-0.39, 0.29) is 12.1 Å². The third-order valence-electron chi connectivity index (χ3n) is 5.27. The average Bonchev–Trinajstić information content (AvgIpc) is 2.80. The van der Waals surface area contributed by atoms with Crippen molar-refractivity contribution < 1.29 is 14.3 Å². The summed E-state index contributed by atoms with van der Waals surface area (Å²) in [6, 6.07) is 29.0. The van der Waals surface area contributed by atoms with Gasteiger partial charge in [0.25, 0.3) is 0 Å². The van der Waals surface area contributed by atoms with E-state index in [1.165, 1.54) is 11.1 Å². The number of carbonyl (C=O) groups is 1. The number of nitrogens with zero attached hydrogens (tertiary/aromatic N) is 1. The molecule has 168 valence electrons. The van der Waals surface area contributed by atoms with Crippen LogP contribution in [0.15, 0.2) is 84.9 Å². The van der Waals surface area contributed by atoms with Gasteiger partial charge in [0, 0.05) is 19.5 Å². The molecular weight excluding hydrogens is 398 g/mol. The van der Waals surface area contributed by atoms with Gasteiger partial charge in [0.1, 0.15) is 11.9 Å². The van der Waals surface area contributed by atoms with Gasteiger partial charge in [-0.25, -0.2) is 0 Å². The SMILES string of the molecule is CCOC(=O)CCCC(Oc1ccccc1)c1ccc(CN(C)Cc2ccccc2)cc1. The summed E-state index contributed by atoms with van der Waals surface area (Å²) < 4.78 is 11.3. The van der Waals surface area contributed by atoms with Crippen LogP contribution in [0.1, 0.15) is 49.0 Å². The molecule has 0 aliphatic carbocycles. The Morgan fingerprint density at radius 3 is 2.06 bits per heavy atom. The van der Waals surface area contributed by atoms with Crippen molar-refractivity contribution in [1.82, 2.24) is 4.90 Å². The molecule has 0 saturated carbocycles. The van der Waals surface area contributed by atoms with Crippen molar-refractivity contribution in [3.63, 3.8) is 0 Å². The minimum absolute atomic E-state index is 0.108. The Kier molecular flexibility index (Phi) is 9.33. The summed E-state index contributed by atoms with van der Waals surface area (Å²) in [7, 11) is 2.14. The Labute approximate surface area is 191 Å². The van der Waals surface area contributed by atoms with Crippen LogP contribution < -0.4 is 4.74 Å². The van der Waals surface area contributed by atoms with Gasteiger partial charge in [-0.15, -0.1) is 0 Å². The number of hydrogen-bond acceptors (Lipinski definition) is 4. The monoisotopic (exact) mass is 431 g/mol. The number of para-hydroxylation sites is 1. The van der Waals surface area contributed by atoms with Crippen LogP contribution in [-0.4, -0.2) is 24.5 Å². The van der Waals surface area contributed by atoms with E-state index in [1.807, 2.05) is 43.3 Å².